The summed E-state index contributed by atoms with van der Waals surface area (Å²) >= 11 is 6.15. The second-order valence-corrected chi connectivity index (χ2v) is 8.57. The quantitative estimate of drug-likeness (QED) is 0.819. The lowest BCUT2D eigenvalue weighted by atomic mass is 10.2. The second-order valence-electron chi connectivity index (χ2n) is 6.25. The Hall–Kier alpha value is -1.70. The fourth-order valence-electron chi connectivity index (χ4n) is 3.04. The highest BCUT2D eigenvalue weighted by molar-refractivity contribution is 7.89. The molecule has 0 aliphatic carbocycles. The van der Waals surface area contributed by atoms with Crippen LogP contribution in [0.2, 0.25) is 5.02 Å². The maximum Gasteiger partial charge on any atom is 0.278 e. The number of hydrogen-bond acceptors (Lipinski definition) is 4. The Morgan fingerprint density at radius 3 is 2.40 bits per heavy atom. The predicted octanol–water partition coefficient (Wildman–Crippen LogP) is 3.02. The van der Waals surface area contributed by atoms with E-state index in [4.69, 9.17) is 11.6 Å². The summed E-state index contributed by atoms with van der Waals surface area (Å²) in [4.78, 5) is 12.7. The van der Waals surface area contributed by atoms with Gasteiger partial charge in [-0.3, -0.25) is 4.79 Å². The summed E-state index contributed by atoms with van der Waals surface area (Å²) in [6, 6.07) is 6.12. The van der Waals surface area contributed by atoms with Crippen LogP contribution < -0.4 is 0 Å². The van der Waals surface area contributed by atoms with Gasteiger partial charge in [0.15, 0.2) is 0 Å². The van der Waals surface area contributed by atoms with Crippen molar-refractivity contribution >= 4 is 27.5 Å². The van der Waals surface area contributed by atoms with Crippen LogP contribution in [0.4, 0.5) is 0 Å². The lowest BCUT2D eigenvalue weighted by Crippen LogP contribution is -2.35. The second kappa shape index (κ2) is 6.90. The van der Waals surface area contributed by atoms with Crippen molar-refractivity contribution in [3.8, 4) is 0 Å². The highest BCUT2D eigenvalue weighted by Gasteiger charge is 2.29. The Morgan fingerprint density at radius 2 is 1.80 bits per heavy atom. The third-order valence-electron chi connectivity index (χ3n) is 4.31. The molecule has 3 rings (SSSR count). The normalized spacial score (nSPS) is 16.1. The van der Waals surface area contributed by atoms with Crippen LogP contribution in [0.25, 0.3) is 0 Å². The number of halogens is 1. The van der Waals surface area contributed by atoms with Gasteiger partial charge in [0.05, 0.1) is 10.7 Å². The fraction of sp³-hybridized carbons (Fsp3) is 0.412. The van der Waals surface area contributed by atoms with E-state index in [-0.39, 0.29) is 21.4 Å². The lowest BCUT2D eigenvalue weighted by molar-refractivity contribution is 0.0942. The molecule has 0 amide bonds. The summed E-state index contributed by atoms with van der Waals surface area (Å²) in [5.41, 5.74) is 1.66. The molecule has 0 saturated carbocycles. The Kier molecular flexibility index (Phi) is 4.99. The molecule has 0 bridgehead atoms. The zero-order valence-electron chi connectivity index (χ0n) is 14.2. The standard InChI is InChI=1S/C17H20ClN3O3S/c1-12-10-13(2)21(19-12)17(22)14-6-7-15(18)16(11-14)25(23,24)20-8-4-3-5-9-20/h6-7,10-11H,3-5,8-9H2,1-2H3. The van der Waals surface area contributed by atoms with Crippen LogP contribution in [0.3, 0.4) is 0 Å². The third-order valence-corrected chi connectivity index (χ3v) is 6.69. The molecule has 1 aliphatic rings. The van der Waals surface area contributed by atoms with Gasteiger partial charge in [0, 0.05) is 24.3 Å². The van der Waals surface area contributed by atoms with E-state index < -0.39 is 10.0 Å². The highest BCUT2D eigenvalue weighted by atomic mass is 35.5. The molecule has 0 radical (unpaired) electrons. The lowest BCUT2D eigenvalue weighted by Gasteiger charge is -2.26. The first-order chi connectivity index (χ1) is 11.8. The molecule has 1 saturated heterocycles. The molecular formula is C17H20ClN3O3S. The topological polar surface area (TPSA) is 72.3 Å². The third kappa shape index (κ3) is 3.49. The number of aryl methyl sites for hydroxylation is 2. The smallest absolute Gasteiger partial charge is 0.267 e. The molecule has 6 nitrogen and oxygen atoms in total. The molecule has 0 spiro atoms. The zero-order chi connectivity index (χ0) is 18.2. The first-order valence-electron chi connectivity index (χ1n) is 8.18. The summed E-state index contributed by atoms with van der Waals surface area (Å²) < 4.78 is 28.5. The fourth-order valence-corrected chi connectivity index (χ4v) is 5.05. The van der Waals surface area contributed by atoms with Gasteiger partial charge < -0.3 is 0 Å². The van der Waals surface area contributed by atoms with Crippen molar-refractivity contribution in [2.24, 2.45) is 0 Å². The Bertz CT molecular complexity index is 915. The molecule has 1 aromatic heterocycles. The van der Waals surface area contributed by atoms with Crippen molar-refractivity contribution < 1.29 is 13.2 Å². The Labute approximate surface area is 152 Å². The van der Waals surface area contributed by atoms with Crippen LogP contribution in [0.15, 0.2) is 29.2 Å². The Balaban J connectivity index is 2.01. The number of piperidine rings is 1. The largest absolute Gasteiger partial charge is 0.278 e. The van der Waals surface area contributed by atoms with Gasteiger partial charge in [0.1, 0.15) is 4.90 Å². The van der Waals surface area contributed by atoms with Gasteiger partial charge in [-0.05, 0) is 51.0 Å². The van der Waals surface area contributed by atoms with Crippen molar-refractivity contribution in [2.75, 3.05) is 13.1 Å². The molecule has 25 heavy (non-hydrogen) atoms. The summed E-state index contributed by atoms with van der Waals surface area (Å²) in [6.45, 7) is 4.53. The first-order valence-corrected chi connectivity index (χ1v) is 10.00. The molecule has 2 aromatic rings. The number of aromatic nitrogens is 2. The van der Waals surface area contributed by atoms with E-state index >= 15 is 0 Å². The van der Waals surface area contributed by atoms with Gasteiger partial charge in [-0.25, -0.2) is 13.1 Å². The van der Waals surface area contributed by atoms with Crippen molar-refractivity contribution in [1.29, 1.82) is 0 Å². The van der Waals surface area contributed by atoms with E-state index in [1.54, 1.807) is 19.9 Å². The van der Waals surface area contributed by atoms with E-state index in [0.29, 0.717) is 18.8 Å². The molecule has 1 fully saturated rings. The Morgan fingerprint density at radius 1 is 1.12 bits per heavy atom. The van der Waals surface area contributed by atoms with Gasteiger partial charge in [-0.2, -0.15) is 9.40 Å². The number of carbonyl (C=O) groups excluding carboxylic acids is 1. The van der Waals surface area contributed by atoms with E-state index in [9.17, 15) is 13.2 Å². The number of nitrogens with zero attached hydrogens (tertiary/aromatic N) is 3. The number of benzene rings is 1. The maximum atomic E-state index is 12.9. The van der Waals surface area contributed by atoms with Crippen LogP contribution in [-0.4, -0.2) is 41.5 Å². The minimum Gasteiger partial charge on any atom is -0.267 e. The molecule has 134 valence electrons. The minimum absolute atomic E-state index is 0.0246. The molecule has 1 aliphatic heterocycles. The monoisotopic (exact) mass is 381 g/mol. The van der Waals surface area contributed by atoms with Crippen molar-refractivity contribution in [3.05, 3.63) is 46.2 Å². The molecule has 2 heterocycles. The van der Waals surface area contributed by atoms with E-state index in [1.165, 1.54) is 27.2 Å². The van der Waals surface area contributed by atoms with E-state index in [2.05, 4.69) is 5.10 Å². The zero-order valence-corrected chi connectivity index (χ0v) is 15.8. The summed E-state index contributed by atoms with van der Waals surface area (Å²) in [7, 11) is -3.72. The first kappa shape index (κ1) is 18.1. The van der Waals surface area contributed by atoms with Crippen LogP contribution in [-0.2, 0) is 10.0 Å². The SMILES string of the molecule is Cc1cc(C)n(C(=O)c2ccc(Cl)c(S(=O)(=O)N3CCCCC3)c2)n1. The number of carbonyl (C=O) groups is 1. The number of sulfonamides is 1. The van der Waals surface area contributed by atoms with Crippen LogP contribution in [0.5, 0.6) is 0 Å². The van der Waals surface area contributed by atoms with Crippen molar-refractivity contribution in [1.82, 2.24) is 14.1 Å². The van der Waals surface area contributed by atoms with Gasteiger partial charge >= 0.3 is 0 Å². The highest BCUT2D eigenvalue weighted by Crippen LogP contribution is 2.28. The average Bonchev–Trinajstić information content (AvgIpc) is 2.93. The number of hydrogen-bond donors (Lipinski definition) is 0. The molecule has 0 unspecified atom stereocenters. The summed E-state index contributed by atoms with van der Waals surface area (Å²) in [5, 5.41) is 4.29. The minimum atomic E-state index is -3.72. The van der Waals surface area contributed by atoms with Crippen molar-refractivity contribution in [3.63, 3.8) is 0 Å². The average molecular weight is 382 g/mol. The van der Waals surface area contributed by atoms with Gasteiger partial charge in [-0.15, -0.1) is 0 Å². The van der Waals surface area contributed by atoms with Crippen LogP contribution in [0.1, 0.15) is 41.0 Å². The van der Waals surface area contributed by atoms with E-state index in [0.717, 1.165) is 25.0 Å². The van der Waals surface area contributed by atoms with Crippen LogP contribution in [0, 0.1) is 13.8 Å². The molecule has 0 atom stereocenters. The molecule has 8 heteroatoms. The summed E-state index contributed by atoms with van der Waals surface area (Å²) in [6.07, 6.45) is 2.69. The maximum absolute atomic E-state index is 12.9. The summed E-state index contributed by atoms with van der Waals surface area (Å²) in [5.74, 6) is -0.377. The van der Waals surface area contributed by atoms with Gasteiger partial charge in [-0.1, -0.05) is 18.0 Å². The van der Waals surface area contributed by atoms with Gasteiger partial charge in [0.2, 0.25) is 10.0 Å². The number of rotatable bonds is 3. The van der Waals surface area contributed by atoms with E-state index in [1.807, 2.05) is 0 Å². The molecule has 1 aromatic carbocycles. The van der Waals surface area contributed by atoms with Gasteiger partial charge in [0.25, 0.3) is 5.91 Å². The predicted molar refractivity (Wildman–Crippen MR) is 95.5 cm³/mol. The van der Waals surface area contributed by atoms with Crippen molar-refractivity contribution in [2.45, 2.75) is 38.0 Å². The molecule has 0 N–H and O–H groups in total. The van der Waals surface area contributed by atoms with Crippen LogP contribution >= 0.6 is 11.6 Å². The molecular weight excluding hydrogens is 362 g/mol.